The highest BCUT2D eigenvalue weighted by molar-refractivity contribution is 9.09. The van der Waals surface area contributed by atoms with Crippen LogP contribution in [0.1, 0.15) is 21.5 Å². The lowest BCUT2D eigenvalue weighted by Crippen LogP contribution is -2.05. The number of halogens is 7. The van der Waals surface area contributed by atoms with Crippen molar-refractivity contribution in [3.8, 4) is 22.5 Å². The third kappa shape index (κ3) is 4.89. The lowest BCUT2D eigenvalue weighted by molar-refractivity contribution is -0.138. The number of benzene rings is 2. The van der Waals surface area contributed by atoms with E-state index in [1.165, 1.54) is 36.4 Å². The molecule has 0 radical (unpaired) electrons. The molecule has 1 aromatic heterocycles. The molecular weight excluding hydrogens is 476 g/mol. The Morgan fingerprint density at radius 1 is 0.733 bits per heavy atom. The summed E-state index contributed by atoms with van der Waals surface area (Å²) in [5.41, 5.74) is -0.313. The molecule has 0 fully saturated rings. The molecule has 0 unspecified atom stereocenters. The Kier molecular flexibility index (Phi) is 6.03. The van der Waals surface area contributed by atoms with E-state index in [0.717, 1.165) is 24.3 Å². The predicted octanol–water partition coefficient (Wildman–Crippen LogP) is 7.03. The molecule has 2 aromatic carbocycles. The van der Waals surface area contributed by atoms with Crippen LogP contribution in [0.15, 0.2) is 60.7 Å². The molecule has 0 saturated heterocycles. The van der Waals surface area contributed by atoms with Gasteiger partial charge in [-0.25, -0.2) is 4.98 Å². The van der Waals surface area contributed by atoms with Gasteiger partial charge in [0.1, 0.15) is 0 Å². The summed E-state index contributed by atoms with van der Waals surface area (Å²) in [6, 6.07) is 11.4. The molecule has 0 aliphatic rings. The van der Waals surface area contributed by atoms with Gasteiger partial charge in [0.25, 0.3) is 0 Å². The van der Waals surface area contributed by atoms with Gasteiger partial charge in [-0.1, -0.05) is 40.2 Å². The topological polar surface area (TPSA) is 30.0 Å². The smallest absolute Gasteiger partial charge is 0.293 e. The molecule has 30 heavy (non-hydrogen) atoms. The van der Waals surface area contributed by atoms with Gasteiger partial charge in [0.05, 0.1) is 27.8 Å². The fourth-order valence-electron chi connectivity index (χ4n) is 2.72. The number of carbonyl (C=O) groups excluding carboxylic acids is 1. The van der Waals surface area contributed by atoms with Gasteiger partial charge >= 0.3 is 12.4 Å². The van der Waals surface area contributed by atoms with E-state index in [2.05, 4.69) is 20.9 Å². The Morgan fingerprint density at radius 3 is 1.40 bits per heavy atom. The fraction of sp³-hybridized carbons (Fsp3) is 0.143. The van der Waals surface area contributed by atoms with E-state index >= 15 is 0 Å². The summed E-state index contributed by atoms with van der Waals surface area (Å²) in [6.07, 6.45) is -8.99. The van der Waals surface area contributed by atoms with Crippen molar-refractivity contribution in [3.63, 3.8) is 0 Å². The summed E-state index contributed by atoms with van der Waals surface area (Å²) in [7, 11) is 0. The van der Waals surface area contributed by atoms with Gasteiger partial charge in [0, 0.05) is 16.7 Å². The van der Waals surface area contributed by atoms with E-state index in [1.54, 1.807) is 0 Å². The number of hydrogen-bond donors (Lipinski definition) is 0. The van der Waals surface area contributed by atoms with Crippen LogP contribution in [0.3, 0.4) is 0 Å². The number of hydrogen-bond acceptors (Lipinski definition) is 2. The molecule has 0 saturated carbocycles. The van der Waals surface area contributed by atoms with Crippen LogP contribution in [-0.2, 0) is 12.4 Å². The normalized spacial score (nSPS) is 12.1. The van der Waals surface area contributed by atoms with Crippen molar-refractivity contribution in [2.75, 3.05) is 5.33 Å². The summed E-state index contributed by atoms with van der Waals surface area (Å²) in [6.45, 7) is 0. The van der Waals surface area contributed by atoms with Gasteiger partial charge in [-0.2, -0.15) is 26.3 Å². The van der Waals surface area contributed by atoms with Crippen LogP contribution in [0.5, 0.6) is 0 Å². The first-order valence-corrected chi connectivity index (χ1v) is 9.57. The van der Waals surface area contributed by atoms with E-state index in [4.69, 9.17) is 0 Å². The monoisotopic (exact) mass is 487 g/mol. The first-order valence-electron chi connectivity index (χ1n) is 8.45. The summed E-state index contributed by atoms with van der Waals surface area (Å²) >= 11 is 3.06. The lowest BCUT2D eigenvalue weighted by atomic mass is 10.0. The van der Waals surface area contributed by atoms with Crippen molar-refractivity contribution < 1.29 is 31.1 Å². The van der Waals surface area contributed by atoms with Crippen LogP contribution < -0.4 is 0 Å². The minimum atomic E-state index is -4.49. The lowest BCUT2D eigenvalue weighted by Gasteiger charge is -2.11. The standard InChI is InChI=1S/C21H12BrF6NO/c22-11-19(30)14-9-17(12-1-5-15(6-2-12)20(23,24)25)29-18(10-14)13-3-7-16(8-4-13)21(26,27)28/h1-10H,11H2. The largest absolute Gasteiger partial charge is 0.416 e. The molecule has 0 atom stereocenters. The maximum atomic E-state index is 12.8. The number of aromatic nitrogens is 1. The van der Waals surface area contributed by atoms with Crippen LogP contribution in [0.2, 0.25) is 0 Å². The fourth-order valence-corrected chi connectivity index (χ4v) is 3.05. The molecule has 0 aliphatic heterocycles. The zero-order valence-electron chi connectivity index (χ0n) is 15.0. The van der Waals surface area contributed by atoms with E-state index in [1.807, 2.05) is 0 Å². The van der Waals surface area contributed by atoms with Gasteiger partial charge in [-0.05, 0) is 36.4 Å². The first kappa shape index (κ1) is 22.0. The SMILES string of the molecule is O=C(CBr)c1cc(-c2ccc(C(F)(F)F)cc2)nc(-c2ccc(C(F)(F)F)cc2)c1. The van der Waals surface area contributed by atoms with E-state index in [9.17, 15) is 31.1 Å². The van der Waals surface area contributed by atoms with Crippen LogP contribution in [-0.4, -0.2) is 16.1 Å². The average Bonchev–Trinajstić information content (AvgIpc) is 2.71. The predicted molar refractivity (Wildman–Crippen MR) is 103 cm³/mol. The Morgan fingerprint density at radius 2 is 1.10 bits per heavy atom. The second kappa shape index (κ2) is 8.22. The van der Waals surface area contributed by atoms with Crippen molar-refractivity contribution in [1.82, 2.24) is 4.98 Å². The van der Waals surface area contributed by atoms with Crippen LogP contribution in [0.4, 0.5) is 26.3 Å². The summed E-state index contributed by atoms with van der Waals surface area (Å²) in [5.74, 6) is -0.307. The highest BCUT2D eigenvalue weighted by Crippen LogP contribution is 2.33. The molecule has 3 aromatic rings. The minimum absolute atomic E-state index is 0.00405. The van der Waals surface area contributed by atoms with Gasteiger partial charge in [0.15, 0.2) is 5.78 Å². The average molecular weight is 488 g/mol. The van der Waals surface area contributed by atoms with Gasteiger partial charge in [0.2, 0.25) is 0 Å². The van der Waals surface area contributed by atoms with Gasteiger partial charge in [-0.15, -0.1) is 0 Å². The zero-order chi connectivity index (χ0) is 22.1. The van der Waals surface area contributed by atoms with E-state index < -0.39 is 23.5 Å². The maximum absolute atomic E-state index is 12.8. The molecule has 3 rings (SSSR count). The van der Waals surface area contributed by atoms with Crippen LogP contribution in [0, 0.1) is 0 Å². The summed E-state index contributed by atoms with van der Waals surface area (Å²) < 4.78 is 76.8. The third-order valence-corrected chi connectivity index (χ3v) is 4.79. The summed E-state index contributed by atoms with van der Waals surface area (Å²) in [5, 5.41) is -0.00405. The molecule has 0 aliphatic carbocycles. The Bertz CT molecular complexity index is 981. The van der Waals surface area contributed by atoms with Gasteiger partial charge < -0.3 is 0 Å². The number of Topliss-reactive ketones (excluding diaryl/α,β-unsaturated/α-hetero) is 1. The van der Waals surface area contributed by atoms with Crippen molar-refractivity contribution in [3.05, 3.63) is 77.4 Å². The van der Waals surface area contributed by atoms with E-state index in [0.29, 0.717) is 11.1 Å². The molecule has 2 nitrogen and oxygen atoms in total. The number of carbonyl (C=O) groups is 1. The molecule has 0 amide bonds. The summed E-state index contributed by atoms with van der Waals surface area (Å²) in [4.78, 5) is 16.5. The Labute approximate surface area is 175 Å². The molecule has 0 bridgehead atoms. The van der Waals surface area contributed by atoms with Crippen molar-refractivity contribution in [2.24, 2.45) is 0 Å². The molecule has 0 N–H and O–H groups in total. The molecular formula is C21H12BrF6NO. The quantitative estimate of drug-likeness (QED) is 0.224. The second-order valence-corrected chi connectivity index (χ2v) is 6.89. The number of nitrogens with zero attached hydrogens (tertiary/aromatic N) is 1. The third-order valence-electron chi connectivity index (χ3n) is 4.28. The first-order chi connectivity index (χ1) is 14.0. The zero-order valence-corrected chi connectivity index (χ0v) is 16.6. The number of pyridine rings is 1. The number of alkyl halides is 7. The number of ketones is 1. The van der Waals surface area contributed by atoms with Gasteiger partial charge in [-0.3, -0.25) is 4.79 Å². The van der Waals surface area contributed by atoms with Crippen LogP contribution >= 0.6 is 15.9 Å². The highest BCUT2D eigenvalue weighted by atomic mass is 79.9. The highest BCUT2D eigenvalue weighted by Gasteiger charge is 2.31. The Hall–Kier alpha value is -2.68. The minimum Gasteiger partial charge on any atom is -0.293 e. The van der Waals surface area contributed by atoms with Crippen molar-refractivity contribution >= 4 is 21.7 Å². The van der Waals surface area contributed by atoms with Crippen LogP contribution in [0.25, 0.3) is 22.5 Å². The molecule has 0 spiro atoms. The molecule has 1 heterocycles. The number of rotatable bonds is 4. The molecule has 9 heteroatoms. The maximum Gasteiger partial charge on any atom is 0.416 e. The second-order valence-electron chi connectivity index (χ2n) is 6.33. The Balaban J connectivity index is 2.08. The van der Waals surface area contributed by atoms with Crippen molar-refractivity contribution in [1.29, 1.82) is 0 Å². The van der Waals surface area contributed by atoms with Crippen molar-refractivity contribution in [2.45, 2.75) is 12.4 Å². The van der Waals surface area contributed by atoms with E-state index in [-0.39, 0.29) is 28.1 Å². The molecule has 156 valence electrons.